The number of hydrogen-bond acceptors (Lipinski definition) is 10. The second kappa shape index (κ2) is 12.7. The van der Waals surface area contributed by atoms with E-state index in [9.17, 15) is 18.0 Å². The lowest BCUT2D eigenvalue weighted by Gasteiger charge is -2.20. The fraction of sp³-hybridized carbons (Fsp3) is 0.346. The van der Waals surface area contributed by atoms with Crippen LogP contribution in [0.15, 0.2) is 46.3 Å². The summed E-state index contributed by atoms with van der Waals surface area (Å²) in [7, 11) is -3.99. The Hall–Kier alpha value is -4.24. The molecule has 14 heteroatoms. The lowest BCUT2D eigenvalue weighted by Crippen LogP contribution is -2.32. The second-order valence-corrected chi connectivity index (χ2v) is 11.3. The molecule has 1 aliphatic heterocycles. The predicted molar refractivity (Wildman–Crippen MR) is 143 cm³/mol. The molecular weight excluding hydrogens is 558 g/mol. The van der Waals surface area contributed by atoms with Gasteiger partial charge in [-0.3, -0.25) is 9.59 Å². The minimum absolute atomic E-state index is 0.0255. The first kappa shape index (κ1) is 28.8. The van der Waals surface area contributed by atoms with E-state index in [2.05, 4.69) is 4.99 Å². The highest BCUT2D eigenvalue weighted by atomic mass is 32.2. The van der Waals surface area contributed by atoms with Crippen molar-refractivity contribution in [3.8, 4) is 23.6 Å². The van der Waals surface area contributed by atoms with Crippen molar-refractivity contribution in [2.75, 3.05) is 32.9 Å². The molecule has 0 fully saturated rings. The first-order chi connectivity index (χ1) is 19.3. The second-order valence-electron chi connectivity index (χ2n) is 8.40. The molecule has 208 valence electrons. The van der Waals surface area contributed by atoms with Crippen LogP contribution in [-0.4, -0.2) is 62.1 Å². The number of ether oxygens (including phenoxy) is 3. The van der Waals surface area contributed by atoms with Gasteiger partial charge in [0.2, 0.25) is 10.0 Å². The number of fused-ring (bicyclic) bond motifs is 2. The van der Waals surface area contributed by atoms with Crippen LogP contribution in [0, 0.1) is 22.7 Å². The Kier molecular flexibility index (Phi) is 9.16. The molecule has 1 aromatic heterocycles. The number of carbonyl (C=O) groups excluding carboxylic acids is 2. The van der Waals surface area contributed by atoms with Gasteiger partial charge in [-0.1, -0.05) is 11.3 Å². The number of nitrogens with zero attached hydrogens (tertiary/aromatic N) is 5. The van der Waals surface area contributed by atoms with Crippen molar-refractivity contribution in [3.63, 3.8) is 0 Å². The molecule has 0 spiro atoms. The molecule has 0 N–H and O–H groups in total. The van der Waals surface area contributed by atoms with E-state index in [-0.39, 0.29) is 54.3 Å². The van der Waals surface area contributed by atoms with Gasteiger partial charge in [-0.2, -0.15) is 19.8 Å². The van der Waals surface area contributed by atoms with Crippen LogP contribution in [-0.2, 0) is 26.1 Å². The van der Waals surface area contributed by atoms with E-state index < -0.39 is 21.9 Å². The first-order valence-electron chi connectivity index (χ1n) is 12.3. The Morgan fingerprint density at radius 3 is 2.30 bits per heavy atom. The fourth-order valence-electron chi connectivity index (χ4n) is 3.95. The van der Waals surface area contributed by atoms with Crippen molar-refractivity contribution in [1.82, 2.24) is 8.87 Å². The van der Waals surface area contributed by atoms with Crippen LogP contribution in [0.25, 0.3) is 10.2 Å². The third-order valence-corrected chi connectivity index (χ3v) is 8.78. The standard InChI is InChI=1S/C26H25N5O7S2/c1-2-36-24(32)17-31-20-15-21-22(38-14-13-37-21)16-23(20)39-26(31)29-25(33)18-5-7-19(8-6-18)40(34,35)30(11-3-9-27)12-4-10-28/h5-8,15-16H,2-4,11-14,17H2,1H3. The molecule has 0 aliphatic carbocycles. The molecule has 40 heavy (non-hydrogen) atoms. The molecular formula is C26H25N5O7S2. The number of sulfonamides is 1. The normalized spacial score (nSPS) is 13.2. The minimum atomic E-state index is -3.99. The molecule has 0 atom stereocenters. The first-order valence-corrected chi connectivity index (χ1v) is 14.6. The van der Waals surface area contributed by atoms with Crippen molar-refractivity contribution in [2.24, 2.45) is 4.99 Å². The lowest BCUT2D eigenvalue weighted by atomic mass is 10.2. The zero-order chi connectivity index (χ0) is 28.7. The molecule has 3 aromatic rings. The number of rotatable bonds is 10. The summed E-state index contributed by atoms with van der Waals surface area (Å²) in [5, 5.41) is 17.7. The van der Waals surface area contributed by atoms with Crippen molar-refractivity contribution < 1.29 is 32.2 Å². The molecule has 2 heterocycles. The van der Waals surface area contributed by atoms with Gasteiger partial charge < -0.3 is 18.8 Å². The molecule has 12 nitrogen and oxygen atoms in total. The summed E-state index contributed by atoms with van der Waals surface area (Å²) in [5.74, 6) is -0.0759. The van der Waals surface area contributed by atoms with Crippen LogP contribution >= 0.6 is 11.3 Å². The van der Waals surface area contributed by atoms with Crippen LogP contribution in [0.3, 0.4) is 0 Å². The maximum absolute atomic E-state index is 13.1. The Balaban J connectivity index is 1.68. The number of aromatic nitrogens is 1. The number of hydrogen-bond donors (Lipinski definition) is 0. The average Bonchev–Trinajstić information content (AvgIpc) is 3.26. The average molecular weight is 584 g/mol. The zero-order valence-corrected chi connectivity index (χ0v) is 23.2. The fourth-order valence-corrected chi connectivity index (χ4v) is 6.43. The van der Waals surface area contributed by atoms with E-state index in [1.165, 1.54) is 35.6 Å². The summed E-state index contributed by atoms with van der Waals surface area (Å²) in [6.07, 6.45) is -0.0510. The van der Waals surface area contributed by atoms with Gasteiger partial charge in [-0.05, 0) is 31.2 Å². The number of benzene rings is 2. The van der Waals surface area contributed by atoms with Crippen LogP contribution in [0.1, 0.15) is 30.1 Å². The zero-order valence-electron chi connectivity index (χ0n) is 21.5. The topological polar surface area (TPSA) is 164 Å². The van der Waals surface area contributed by atoms with E-state index in [0.29, 0.717) is 30.2 Å². The number of thiazole rings is 1. The Morgan fingerprint density at radius 1 is 1.07 bits per heavy atom. The van der Waals surface area contributed by atoms with Gasteiger partial charge in [0, 0.05) is 43.6 Å². The van der Waals surface area contributed by atoms with Gasteiger partial charge >= 0.3 is 5.97 Å². The van der Waals surface area contributed by atoms with Gasteiger partial charge in [-0.25, -0.2) is 8.42 Å². The van der Waals surface area contributed by atoms with Gasteiger partial charge in [0.25, 0.3) is 5.91 Å². The Morgan fingerprint density at radius 2 is 1.70 bits per heavy atom. The molecule has 0 saturated carbocycles. The van der Waals surface area contributed by atoms with Gasteiger partial charge in [0.1, 0.15) is 19.8 Å². The molecule has 0 saturated heterocycles. The van der Waals surface area contributed by atoms with E-state index in [0.717, 1.165) is 9.01 Å². The third-order valence-electron chi connectivity index (χ3n) is 5.82. The summed E-state index contributed by atoms with van der Waals surface area (Å²) in [6.45, 7) is 2.39. The van der Waals surface area contributed by atoms with Crippen molar-refractivity contribution in [2.45, 2.75) is 31.2 Å². The van der Waals surface area contributed by atoms with Gasteiger partial charge in [0.05, 0.1) is 33.9 Å². The highest BCUT2D eigenvalue weighted by molar-refractivity contribution is 7.89. The highest BCUT2D eigenvalue weighted by Crippen LogP contribution is 2.35. The molecule has 0 unspecified atom stereocenters. The van der Waals surface area contributed by atoms with Crippen molar-refractivity contribution in [1.29, 1.82) is 10.5 Å². The third kappa shape index (κ3) is 6.31. The van der Waals surface area contributed by atoms with Crippen molar-refractivity contribution in [3.05, 3.63) is 46.8 Å². The predicted octanol–water partition coefficient (Wildman–Crippen LogP) is 2.60. The SMILES string of the molecule is CCOC(=O)Cn1c(=NC(=O)c2ccc(S(=O)(=O)N(CCC#N)CCC#N)cc2)sc2cc3c(cc21)OCCO3. The minimum Gasteiger partial charge on any atom is -0.486 e. The highest BCUT2D eigenvalue weighted by Gasteiger charge is 2.24. The van der Waals surface area contributed by atoms with E-state index in [1.807, 2.05) is 12.1 Å². The number of carbonyl (C=O) groups is 2. The molecule has 1 amide bonds. The summed E-state index contributed by atoms with van der Waals surface area (Å²) < 4.78 is 45.9. The monoisotopic (exact) mass is 583 g/mol. The summed E-state index contributed by atoms with van der Waals surface area (Å²) in [4.78, 5) is 29.9. The molecule has 2 aromatic carbocycles. The van der Waals surface area contributed by atoms with Gasteiger partial charge in [-0.15, -0.1) is 0 Å². The number of nitriles is 2. The number of esters is 1. The van der Waals surface area contributed by atoms with Crippen LogP contribution < -0.4 is 14.3 Å². The lowest BCUT2D eigenvalue weighted by molar-refractivity contribution is -0.143. The maximum atomic E-state index is 13.1. The summed E-state index contributed by atoms with van der Waals surface area (Å²) in [5.41, 5.74) is 0.746. The summed E-state index contributed by atoms with van der Waals surface area (Å²) >= 11 is 1.18. The Labute approximate surface area is 234 Å². The maximum Gasteiger partial charge on any atom is 0.326 e. The van der Waals surface area contributed by atoms with E-state index in [4.69, 9.17) is 24.7 Å². The largest absolute Gasteiger partial charge is 0.486 e. The van der Waals surface area contributed by atoms with Crippen LogP contribution in [0.5, 0.6) is 11.5 Å². The number of amides is 1. The van der Waals surface area contributed by atoms with E-state index >= 15 is 0 Å². The summed E-state index contributed by atoms with van der Waals surface area (Å²) in [6, 6.07) is 12.6. The molecule has 1 aliphatic rings. The van der Waals surface area contributed by atoms with Crippen LogP contribution in [0.4, 0.5) is 0 Å². The molecule has 4 rings (SSSR count). The van der Waals surface area contributed by atoms with Crippen molar-refractivity contribution >= 4 is 43.5 Å². The Bertz CT molecular complexity index is 1660. The quantitative estimate of drug-likeness (QED) is 0.326. The molecule has 0 bridgehead atoms. The van der Waals surface area contributed by atoms with Crippen LogP contribution in [0.2, 0.25) is 0 Å². The molecule has 0 radical (unpaired) electrons. The van der Waals surface area contributed by atoms with E-state index in [1.54, 1.807) is 23.6 Å². The smallest absolute Gasteiger partial charge is 0.326 e. The van der Waals surface area contributed by atoms with Gasteiger partial charge in [0.15, 0.2) is 16.3 Å².